The number of carbonyl (C=O) groups excluding carboxylic acids is 1. The summed E-state index contributed by atoms with van der Waals surface area (Å²) in [6.45, 7) is 0.908. The number of halogens is 2. The van der Waals surface area contributed by atoms with E-state index in [1.807, 2.05) is 0 Å². The molecule has 1 saturated heterocycles. The van der Waals surface area contributed by atoms with Crippen molar-refractivity contribution in [3.63, 3.8) is 0 Å². The van der Waals surface area contributed by atoms with Gasteiger partial charge in [0.2, 0.25) is 0 Å². The van der Waals surface area contributed by atoms with Crippen LogP contribution in [0.2, 0.25) is 0 Å². The Morgan fingerprint density at radius 3 is 2.59 bits per heavy atom. The quantitative estimate of drug-likeness (QED) is 0.859. The Morgan fingerprint density at radius 1 is 1.33 bits per heavy atom. The molecule has 1 aliphatic rings. The van der Waals surface area contributed by atoms with E-state index >= 15 is 0 Å². The smallest absolute Gasteiger partial charge is 0.320 e. The molecule has 0 saturated carbocycles. The molecule has 1 aromatic heterocycles. The van der Waals surface area contributed by atoms with Gasteiger partial charge in [0, 0.05) is 20.3 Å². The minimum Gasteiger partial charge on any atom is -0.381 e. The van der Waals surface area contributed by atoms with Crippen molar-refractivity contribution < 1.29 is 18.3 Å². The van der Waals surface area contributed by atoms with Crippen LogP contribution in [0.15, 0.2) is 30.5 Å². The fraction of sp³-hybridized carbons (Fsp3) is 0.389. The number of nitriles is 1. The van der Waals surface area contributed by atoms with Crippen LogP contribution in [0.1, 0.15) is 36.1 Å². The van der Waals surface area contributed by atoms with Crippen LogP contribution in [0.5, 0.6) is 0 Å². The number of aromatic nitrogens is 2. The van der Waals surface area contributed by atoms with Crippen molar-refractivity contribution in [3.05, 3.63) is 47.3 Å². The third-order valence-corrected chi connectivity index (χ3v) is 4.71. The molecular weight excluding hydrogens is 356 g/mol. The van der Waals surface area contributed by atoms with Crippen molar-refractivity contribution in [1.82, 2.24) is 15.1 Å². The number of nitrogens with zero attached hydrogens (tertiary/aromatic N) is 3. The molecule has 2 heterocycles. The molecular formula is C18H19F2N5O2. The number of hydrogen-bond donors (Lipinski definition) is 2. The van der Waals surface area contributed by atoms with Crippen LogP contribution in [0.4, 0.5) is 19.3 Å². The Bertz CT molecular complexity index is 852. The topological polar surface area (TPSA) is 92.0 Å². The standard InChI is InChI=1S/C18H19F2N5O2/c1-25-15(16(19)20)14(11-22-25)23-17(26)24-18(6-8-27-9-7-18)13-4-2-12(10-21)3-5-13/h2-5,11,16H,6-9H2,1H3,(H2,23,24,26). The van der Waals surface area contributed by atoms with Gasteiger partial charge >= 0.3 is 6.03 Å². The predicted molar refractivity (Wildman–Crippen MR) is 93.2 cm³/mol. The molecule has 2 amide bonds. The minimum atomic E-state index is -2.76. The molecule has 0 bridgehead atoms. The summed E-state index contributed by atoms with van der Waals surface area (Å²) in [4.78, 5) is 12.6. The van der Waals surface area contributed by atoms with Crippen molar-refractivity contribution >= 4 is 11.7 Å². The zero-order valence-electron chi connectivity index (χ0n) is 14.7. The zero-order chi connectivity index (χ0) is 19.4. The molecule has 0 unspecified atom stereocenters. The van der Waals surface area contributed by atoms with Gasteiger partial charge in [-0.2, -0.15) is 10.4 Å². The van der Waals surface area contributed by atoms with Gasteiger partial charge in [0.15, 0.2) is 0 Å². The molecule has 9 heteroatoms. The molecule has 3 rings (SSSR count). The van der Waals surface area contributed by atoms with Crippen molar-refractivity contribution in [2.24, 2.45) is 7.05 Å². The maximum absolute atomic E-state index is 13.2. The first-order chi connectivity index (χ1) is 12.9. The number of amides is 2. The van der Waals surface area contributed by atoms with Crippen LogP contribution < -0.4 is 10.6 Å². The largest absolute Gasteiger partial charge is 0.381 e. The number of carbonyl (C=O) groups is 1. The van der Waals surface area contributed by atoms with Crippen LogP contribution in [-0.4, -0.2) is 29.0 Å². The summed E-state index contributed by atoms with van der Waals surface area (Å²) < 4.78 is 32.8. The fourth-order valence-corrected chi connectivity index (χ4v) is 3.24. The van der Waals surface area contributed by atoms with Crippen molar-refractivity contribution in [2.45, 2.75) is 24.8 Å². The number of aryl methyl sites for hydroxylation is 1. The SMILES string of the molecule is Cn1ncc(NC(=O)NC2(c3ccc(C#N)cc3)CCOCC2)c1C(F)F. The van der Waals surface area contributed by atoms with Crippen LogP contribution >= 0.6 is 0 Å². The van der Waals surface area contributed by atoms with E-state index in [-0.39, 0.29) is 11.4 Å². The average Bonchev–Trinajstić information content (AvgIpc) is 3.02. The van der Waals surface area contributed by atoms with Gasteiger partial charge in [-0.25, -0.2) is 13.6 Å². The number of hydrogen-bond acceptors (Lipinski definition) is 4. The molecule has 142 valence electrons. The fourth-order valence-electron chi connectivity index (χ4n) is 3.24. The molecule has 0 atom stereocenters. The Labute approximate surface area is 154 Å². The van der Waals surface area contributed by atoms with E-state index < -0.39 is 18.0 Å². The van der Waals surface area contributed by atoms with Gasteiger partial charge in [0.05, 0.1) is 29.1 Å². The lowest BCUT2D eigenvalue weighted by Gasteiger charge is -2.38. The maximum Gasteiger partial charge on any atom is 0.320 e. The van der Waals surface area contributed by atoms with Gasteiger partial charge in [0.1, 0.15) is 5.69 Å². The lowest BCUT2D eigenvalue weighted by atomic mass is 9.82. The van der Waals surface area contributed by atoms with E-state index in [2.05, 4.69) is 21.8 Å². The highest BCUT2D eigenvalue weighted by Gasteiger charge is 2.36. The van der Waals surface area contributed by atoms with Crippen LogP contribution in [0.3, 0.4) is 0 Å². The second kappa shape index (κ2) is 7.72. The maximum atomic E-state index is 13.2. The monoisotopic (exact) mass is 375 g/mol. The first-order valence-corrected chi connectivity index (χ1v) is 8.43. The Hall–Kier alpha value is -2.99. The molecule has 1 aliphatic heterocycles. The van der Waals surface area contributed by atoms with Crippen molar-refractivity contribution in [1.29, 1.82) is 5.26 Å². The Kier molecular flexibility index (Phi) is 5.37. The molecule has 27 heavy (non-hydrogen) atoms. The van der Waals surface area contributed by atoms with Crippen molar-refractivity contribution in [2.75, 3.05) is 18.5 Å². The molecule has 2 aromatic rings. The normalized spacial score (nSPS) is 16.0. The van der Waals surface area contributed by atoms with Crippen molar-refractivity contribution in [3.8, 4) is 6.07 Å². The number of anilines is 1. The van der Waals surface area contributed by atoms with Crippen LogP contribution in [0, 0.1) is 11.3 Å². The first kappa shape index (κ1) is 18.8. The highest BCUT2D eigenvalue weighted by Crippen LogP contribution is 2.33. The van der Waals surface area contributed by atoms with Gasteiger partial charge < -0.3 is 15.4 Å². The van der Waals surface area contributed by atoms with E-state index in [4.69, 9.17) is 10.00 Å². The number of ether oxygens (including phenoxy) is 1. The average molecular weight is 375 g/mol. The van der Waals surface area contributed by atoms with Crippen LogP contribution in [0.25, 0.3) is 0 Å². The Balaban J connectivity index is 1.82. The lowest BCUT2D eigenvalue weighted by molar-refractivity contribution is 0.0418. The van der Waals surface area contributed by atoms with E-state index in [1.165, 1.54) is 13.2 Å². The molecule has 7 nitrogen and oxygen atoms in total. The predicted octanol–water partition coefficient (Wildman–Crippen LogP) is 3.06. The summed E-state index contributed by atoms with van der Waals surface area (Å²) in [5.74, 6) is 0. The highest BCUT2D eigenvalue weighted by atomic mass is 19.3. The molecule has 0 radical (unpaired) electrons. The number of benzene rings is 1. The molecule has 0 aliphatic carbocycles. The number of urea groups is 1. The second-order valence-electron chi connectivity index (χ2n) is 6.33. The van der Waals surface area contributed by atoms with Crippen LogP contribution in [-0.2, 0) is 17.3 Å². The van der Waals surface area contributed by atoms with Gasteiger partial charge in [-0.3, -0.25) is 4.68 Å². The lowest BCUT2D eigenvalue weighted by Crippen LogP contribution is -2.51. The molecule has 0 spiro atoms. The number of alkyl halides is 2. The van der Waals surface area contributed by atoms with E-state index in [1.54, 1.807) is 24.3 Å². The van der Waals surface area contributed by atoms with Gasteiger partial charge in [-0.1, -0.05) is 12.1 Å². The number of rotatable bonds is 4. The highest BCUT2D eigenvalue weighted by molar-refractivity contribution is 5.90. The summed E-state index contributed by atoms with van der Waals surface area (Å²) in [6, 6.07) is 8.40. The number of nitrogens with one attached hydrogen (secondary N) is 2. The van der Waals surface area contributed by atoms with Gasteiger partial charge in [0.25, 0.3) is 6.43 Å². The van der Waals surface area contributed by atoms with E-state index in [0.717, 1.165) is 10.2 Å². The molecule has 2 N–H and O–H groups in total. The Morgan fingerprint density at radius 2 is 2.00 bits per heavy atom. The third kappa shape index (κ3) is 3.90. The summed E-state index contributed by atoms with van der Waals surface area (Å²) in [6.07, 6.45) is -0.509. The third-order valence-electron chi connectivity index (χ3n) is 4.71. The second-order valence-corrected chi connectivity index (χ2v) is 6.33. The zero-order valence-corrected chi connectivity index (χ0v) is 14.7. The summed E-state index contributed by atoms with van der Waals surface area (Å²) >= 11 is 0. The molecule has 1 fully saturated rings. The van der Waals surface area contributed by atoms with E-state index in [9.17, 15) is 13.6 Å². The van der Waals surface area contributed by atoms with E-state index in [0.29, 0.717) is 31.6 Å². The summed E-state index contributed by atoms with van der Waals surface area (Å²) in [7, 11) is 1.39. The summed E-state index contributed by atoms with van der Waals surface area (Å²) in [5, 5.41) is 18.1. The van der Waals surface area contributed by atoms with Gasteiger partial charge in [-0.15, -0.1) is 0 Å². The first-order valence-electron chi connectivity index (χ1n) is 8.43. The molecule has 1 aromatic carbocycles. The van der Waals surface area contributed by atoms with Gasteiger partial charge in [-0.05, 0) is 30.5 Å². The summed E-state index contributed by atoms with van der Waals surface area (Å²) in [5.41, 5.74) is 0.253. The minimum absolute atomic E-state index is 0.0352.